The highest BCUT2D eigenvalue weighted by Crippen LogP contribution is 2.46. The van der Waals surface area contributed by atoms with E-state index in [1.807, 2.05) is 40.7 Å². The van der Waals surface area contributed by atoms with Crippen molar-refractivity contribution in [2.75, 3.05) is 0 Å². The molecule has 0 bridgehead atoms. The van der Waals surface area contributed by atoms with E-state index in [0.29, 0.717) is 12.5 Å². The zero-order valence-corrected chi connectivity index (χ0v) is 17.6. The van der Waals surface area contributed by atoms with Crippen LogP contribution < -0.4 is 0 Å². The van der Waals surface area contributed by atoms with Crippen LogP contribution in [0, 0.1) is 0 Å². The summed E-state index contributed by atoms with van der Waals surface area (Å²) >= 11 is 0. The lowest BCUT2D eigenvalue weighted by Gasteiger charge is -2.42. The van der Waals surface area contributed by atoms with Gasteiger partial charge in [-0.1, -0.05) is 87.2 Å². The molecule has 0 amide bonds. The molecule has 1 aliphatic heterocycles. The Morgan fingerprint density at radius 1 is 0.929 bits per heavy atom. The van der Waals surface area contributed by atoms with Gasteiger partial charge >= 0.3 is 0 Å². The highest BCUT2D eigenvalue weighted by atomic mass is 32.2. The Morgan fingerprint density at radius 3 is 2.29 bits per heavy atom. The average molecular weight is 398 g/mol. The summed E-state index contributed by atoms with van der Waals surface area (Å²) in [6.45, 7) is 2.79. The Morgan fingerprint density at radius 2 is 1.57 bits per heavy atom. The highest BCUT2D eigenvalue weighted by molar-refractivity contribution is 7.88. The van der Waals surface area contributed by atoms with Gasteiger partial charge < -0.3 is 0 Å². The maximum atomic E-state index is 13.7. The fourth-order valence-electron chi connectivity index (χ4n) is 5.36. The molecule has 28 heavy (non-hydrogen) atoms. The number of sulfonamides is 1. The summed E-state index contributed by atoms with van der Waals surface area (Å²) in [6.07, 6.45) is 7.59. The van der Waals surface area contributed by atoms with Crippen molar-refractivity contribution in [1.29, 1.82) is 0 Å². The van der Waals surface area contributed by atoms with Gasteiger partial charge in [0.15, 0.2) is 0 Å². The molecule has 4 heteroatoms. The predicted octanol–water partition coefficient (Wildman–Crippen LogP) is 5.62. The van der Waals surface area contributed by atoms with E-state index in [0.717, 1.165) is 37.7 Å². The average Bonchev–Trinajstić information content (AvgIpc) is 2.99. The van der Waals surface area contributed by atoms with Crippen molar-refractivity contribution in [3.63, 3.8) is 0 Å². The highest BCUT2D eigenvalue weighted by Gasteiger charge is 2.46. The van der Waals surface area contributed by atoms with E-state index in [4.69, 9.17) is 0 Å². The Bertz CT molecular complexity index is 899. The molecule has 0 aromatic heterocycles. The molecule has 3 nitrogen and oxygen atoms in total. The van der Waals surface area contributed by atoms with Gasteiger partial charge in [0, 0.05) is 12.1 Å². The number of fused-ring (bicyclic) bond motifs is 1. The summed E-state index contributed by atoms with van der Waals surface area (Å²) in [5, 5.41) is 0. The summed E-state index contributed by atoms with van der Waals surface area (Å²) < 4.78 is 29.4. The zero-order valence-electron chi connectivity index (χ0n) is 16.8. The van der Waals surface area contributed by atoms with Crippen LogP contribution in [0.4, 0.5) is 0 Å². The van der Waals surface area contributed by atoms with Crippen LogP contribution in [0.25, 0.3) is 0 Å². The molecule has 1 unspecified atom stereocenters. The van der Waals surface area contributed by atoms with Gasteiger partial charge in [0.05, 0.1) is 5.75 Å². The van der Waals surface area contributed by atoms with Crippen molar-refractivity contribution >= 4 is 10.0 Å². The summed E-state index contributed by atoms with van der Waals surface area (Å²) in [5.41, 5.74) is 3.12. The normalized spacial score (nSPS) is 23.0. The van der Waals surface area contributed by atoms with Gasteiger partial charge in [-0.2, -0.15) is 4.31 Å². The van der Waals surface area contributed by atoms with Crippen LogP contribution in [0.3, 0.4) is 0 Å². The second-order valence-electron chi connectivity index (χ2n) is 8.69. The molecule has 1 spiro atoms. The lowest BCUT2D eigenvalue weighted by Crippen LogP contribution is -2.51. The summed E-state index contributed by atoms with van der Waals surface area (Å²) in [4.78, 5) is 0. The van der Waals surface area contributed by atoms with Crippen LogP contribution in [0.15, 0.2) is 54.6 Å². The molecule has 1 fully saturated rings. The molecule has 150 valence electrons. The van der Waals surface area contributed by atoms with Gasteiger partial charge in [0.1, 0.15) is 0 Å². The largest absolute Gasteiger partial charge is 0.219 e. The smallest absolute Gasteiger partial charge is 0.212 e. The van der Waals surface area contributed by atoms with Gasteiger partial charge in [-0.15, -0.1) is 0 Å². The van der Waals surface area contributed by atoms with Gasteiger partial charge in [-0.3, -0.25) is 0 Å². The molecule has 1 aliphatic carbocycles. The molecule has 0 radical (unpaired) electrons. The molecule has 1 saturated carbocycles. The van der Waals surface area contributed by atoms with E-state index in [2.05, 4.69) is 25.1 Å². The van der Waals surface area contributed by atoms with Crippen molar-refractivity contribution in [3.05, 3.63) is 71.3 Å². The van der Waals surface area contributed by atoms with E-state index < -0.39 is 10.0 Å². The summed E-state index contributed by atoms with van der Waals surface area (Å²) in [6, 6.07) is 18.1. The van der Waals surface area contributed by atoms with Gasteiger partial charge in [0.2, 0.25) is 10.0 Å². The van der Waals surface area contributed by atoms with E-state index in [9.17, 15) is 8.42 Å². The van der Waals surface area contributed by atoms with Crippen LogP contribution in [-0.2, 0) is 22.3 Å². The fourth-order valence-corrected chi connectivity index (χ4v) is 7.31. The first kappa shape index (κ1) is 19.7. The Hall–Kier alpha value is -1.65. The van der Waals surface area contributed by atoms with Gasteiger partial charge in [-0.05, 0) is 41.9 Å². The first-order valence-electron chi connectivity index (χ1n) is 10.6. The molecule has 2 aliphatic rings. The van der Waals surface area contributed by atoms with Gasteiger partial charge in [-0.25, -0.2) is 8.42 Å². The second-order valence-corrected chi connectivity index (χ2v) is 10.6. The standard InChI is InChI=1S/C24H31NO2S/c1-20-17-24(15-9-2-3-10-16-24)25(18-22-13-7-8-14-23(20)22)28(26,27)19-21-11-5-4-6-12-21/h4-8,11-14,20H,2-3,9-10,15-19H2,1H3. The third-order valence-electron chi connectivity index (χ3n) is 6.68. The zero-order chi connectivity index (χ0) is 19.6. The van der Waals surface area contributed by atoms with Crippen LogP contribution in [0.2, 0.25) is 0 Å². The van der Waals surface area contributed by atoms with Gasteiger partial charge in [0.25, 0.3) is 0 Å². The number of benzene rings is 2. The number of nitrogens with zero attached hydrogens (tertiary/aromatic N) is 1. The molecule has 4 rings (SSSR count). The third kappa shape index (κ3) is 3.90. The van der Waals surface area contributed by atoms with E-state index in [1.165, 1.54) is 24.0 Å². The quantitative estimate of drug-likeness (QED) is 0.674. The molecular weight excluding hydrogens is 366 g/mol. The van der Waals surface area contributed by atoms with Crippen LogP contribution in [0.5, 0.6) is 0 Å². The maximum absolute atomic E-state index is 13.7. The number of rotatable bonds is 3. The summed E-state index contributed by atoms with van der Waals surface area (Å²) in [7, 11) is -3.42. The molecule has 1 atom stereocenters. The van der Waals surface area contributed by atoms with Crippen molar-refractivity contribution in [2.24, 2.45) is 0 Å². The molecule has 2 aromatic rings. The third-order valence-corrected chi connectivity index (χ3v) is 8.56. The van der Waals surface area contributed by atoms with Crippen LogP contribution in [0.1, 0.15) is 74.5 Å². The number of hydrogen-bond donors (Lipinski definition) is 0. The van der Waals surface area contributed by atoms with E-state index >= 15 is 0 Å². The monoisotopic (exact) mass is 397 g/mol. The topological polar surface area (TPSA) is 37.4 Å². The Balaban J connectivity index is 1.77. The summed E-state index contributed by atoms with van der Waals surface area (Å²) in [5.74, 6) is 0.470. The first-order chi connectivity index (χ1) is 13.5. The second kappa shape index (κ2) is 8.00. The lowest BCUT2D eigenvalue weighted by atomic mass is 9.80. The molecule has 2 aromatic carbocycles. The number of hydrogen-bond acceptors (Lipinski definition) is 2. The van der Waals surface area contributed by atoms with Crippen molar-refractivity contribution < 1.29 is 8.42 Å². The molecule has 1 heterocycles. The Kier molecular flexibility index (Phi) is 5.62. The van der Waals surface area contributed by atoms with E-state index in [1.54, 1.807) is 0 Å². The maximum Gasteiger partial charge on any atom is 0.219 e. The van der Waals surface area contributed by atoms with E-state index in [-0.39, 0.29) is 11.3 Å². The minimum atomic E-state index is -3.42. The molecule has 0 saturated heterocycles. The minimum absolute atomic E-state index is 0.0894. The van der Waals surface area contributed by atoms with Crippen molar-refractivity contribution in [1.82, 2.24) is 4.31 Å². The molecular formula is C24H31NO2S. The van der Waals surface area contributed by atoms with Crippen molar-refractivity contribution in [3.8, 4) is 0 Å². The van der Waals surface area contributed by atoms with Crippen LogP contribution in [-0.4, -0.2) is 18.3 Å². The minimum Gasteiger partial charge on any atom is -0.212 e. The SMILES string of the molecule is CC1CC2(CCCCCC2)N(S(=O)(=O)Cc2ccccc2)Cc2ccccc21. The predicted molar refractivity (Wildman–Crippen MR) is 115 cm³/mol. The fraction of sp³-hybridized carbons (Fsp3) is 0.500. The lowest BCUT2D eigenvalue weighted by molar-refractivity contribution is 0.140. The van der Waals surface area contributed by atoms with Crippen molar-refractivity contribution in [2.45, 2.75) is 75.6 Å². The van der Waals surface area contributed by atoms with Crippen LogP contribution >= 0.6 is 0 Å². The molecule has 0 N–H and O–H groups in total. The first-order valence-corrected chi connectivity index (χ1v) is 12.2. The Labute approximate surface area is 169 Å².